The minimum atomic E-state index is -2.72. The van der Waals surface area contributed by atoms with Gasteiger partial charge in [-0.1, -0.05) is 11.6 Å². The quantitative estimate of drug-likeness (QED) is 0.524. The highest BCUT2D eigenvalue weighted by atomic mass is 35.5. The lowest BCUT2D eigenvalue weighted by Gasteiger charge is -2.32. The van der Waals surface area contributed by atoms with Crippen LogP contribution in [0.15, 0.2) is 45.1 Å². The predicted octanol–water partition coefficient (Wildman–Crippen LogP) is 2.96. The predicted molar refractivity (Wildman–Crippen MR) is 126 cm³/mol. The number of piperazine rings is 1. The molecule has 0 atom stereocenters. The van der Waals surface area contributed by atoms with Crippen LogP contribution in [0.5, 0.6) is 0 Å². The van der Waals surface area contributed by atoms with Crippen LogP contribution in [-0.2, 0) is 17.2 Å². The lowest BCUT2D eigenvalue weighted by atomic mass is 10.0. The van der Waals surface area contributed by atoms with E-state index in [1.165, 1.54) is 23.9 Å². The number of halogens is 3. The minimum absolute atomic E-state index is 0.150. The van der Waals surface area contributed by atoms with Crippen molar-refractivity contribution in [3.63, 3.8) is 0 Å². The first-order valence-electron chi connectivity index (χ1n) is 10.0. The number of thioether (sulfide) groups is 1. The molecule has 1 fully saturated rings. The number of nitrogens with zero attached hydrogens (tertiary/aromatic N) is 3. The van der Waals surface area contributed by atoms with E-state index in [4.69, 9.17) is 11.6 Å². The summed E-state index contributed by atoms with van der Waals surface area (Å²) in [6, 6.07) is 4.95. The van der Waals surface area contributed by atoms with Crippen molar-refractivity contribution in [2.24, 2.45) is 0 Å². The summed E-state index contributed by atoms with van der Waals surface area (Å²) < 4.78 is 52.0. The summed E-state index contributed by atoms with van der Waals surface area (Å²) in [6.45, 7) is 1.61. The van der Waals surface area contributed by atoms with Gasteiger partial charge in [0.1, 0.15) is 17.5 Å². The van der Waals surface area contributed by atoms with E-state index >= 15 is 0 Å². The Morgan fingerprint density at radius 2 is 2.03 bits per heavy atom. The Bertz CT molecular complexity index is 1460. The Morgan fingerprint density at radius 1 is 1.21 bits per heavy atom. The van der Waals surface area contributed by atoms with Crippen molar-refractivity contribution in [2.45, 2.75) is 11.4 Å². The molecule has 2 aliphatic rings. The van der Waals surface area contributed by atoms with Gasteiger partial charge in [-0.25, -0.2) is 22.0 Å². The van der Waals surface area contributed by atoms with E-state index in [0.717, 1.165) is 11.5 Å². The van der Waals surface area contributed by atoms with Crippen molar-refractivity contribution in [2.75, 3.05) is 30.3 Å². The Labute approximate surface area is 198 Å². The van der Waals surface area contributed by atoms with E-state index in [-0.39, 0.29) is 17.1 Å². The molecule has 172 valence electrons. The zero-order valence-electron chi connectivity index (χ0n) is 17.0. The zero-order valence-corrected chi connectivity index (χ0v) is 19.4. The molecule has 0 bridgehead atoms. The maximum atomic E-state index is 14.7. The molecule has 3 heterocycles. The first kappa shape index (κ1) is 22.2. The first-order chi connectivity index (χ1) is 15.8. The van der Waals surface area contributed by atoms with Crippen LogP contribution in [0, 0.1) is 11.6 Å². The maximum absolute atomic E-state index is 14.7. The average molecular weight is 511 g/mol. The van der Waals surface area contributed by atoms with Gasteiger partial charge in [0.2, 0.25) is 0 Å². The number of hydrogen-bond donors (Lipinski definition) is 2. The Hall–Kier alpha value is -2.63. The molecular formula is C21H17ClF2N4O3S2. The van der Waals surface area contributed by atoms with Crippen LogP contribution in [-0.4, -0.2) is 43.4 Å². The highest BCUT2D eigenvalue weighted by Gasteiger charge is 2.28. The van der Waals surface area contributed by atoms with E-state index < -0.39 is 28.0 Å². The van der Waals surface area contributed by atoms with Crippen LogP contribution in [0.4, 0.5) is 14.6 Å². The summed E-state index contributed by atoms with van der Waals surface area (Å²) in [4.78, 5) is 19.7. The number of aromatic nitrogens is 2. The van der Waals surface area contributed by atoms with E-state index in [0.29, 0.717) is 58.3 Å². The Balaban J connectivity index is 1.76. The van der Waals surface area contributed by atoms with E-state index in [1.807, 2.05) is 4.90 Å². The smallest absolute Gasteiger partial charge is 0.350 e. The van der Waals surface area contributed by atoms with Gasteiger partial charge in [-0.15, -0.1) is 11.8 Å². The fourth-order valence-corrected chi connectivity index (χ4v) is 6.21. The monoisotopic (exact) mass is 510 g/mol. The third-order valence-electron chi connectivity index (χ3n) is 5.57. The summed E-state index contributed by atoms with van der Waals surface area (Å²) >= 11 is 8.09. The number of benzene rings is 2. The lowest BCUT2D eigenvalue weighted by Crippen LogP contribution is -2.43. The maximum Gasteiger partial charge on any atom is 0.350 e. The fraction of sp³-hybridized carbons (Fsp3) is 0.238. The van der Waals surface area contributed by atoms with Gasteiger partial charge in [0.15, 0.2) is 10.7 Å². The second-order valence-corrected chi connectivity index (χ2v) is 9.93. The summed E-state index contributed by atoms with van der Waals surface area (Å²) in [5.74, 6) is -0.488. The second-order valence-electron chi connectivity index (χ2n) is 7.59. The molecule has 5 rings (SSSR count). The van der Waals surface area contributed by atoms with Crippen LogP contribution >= 0.6 is 23.4 Å². The fourth-order valence-electron chi connectivity index (χ4n) is 4.22. The first-order valence-corrected chi connectivity index (χ1v) is 12.6. The zero-order chi connectivity index (χ0) is 23.3. The largest absolute Gasteiger partial charge is 0.385 e. The number of hydrogen-bond acceptors (Lipinski definition) is 7. The molecule has 0 unspecified atom stereocenters. The normalized spacial score (nSPS) is 17.1. The van der Waals surface area contributed by atoms with Gasteiger partial charge in [-0.2, -0.15) is 4.98 Å². The van der Waals surface area contributed by atoms with Gasteiger partial charge >= 0.3 is 5.69 Å². The van der Waals surface area contributed by atoms with Crippen LogP contribution in [0.1, 0.15) is 0 Å². The molecule has 1 N–H and O–H groups in total. The molecule has 0 spiro atoms. The molecule has 0 saturated carbocycles. The summed E-state index contributed by atoms with van der Waals surface area (Å²) in [7, 11) is -2.72. The molecular weight excluding hydrogens is 494 g/mol. The van der Waals surface area contributed by atoms with Gasteiger partial charge in [0, 0.05) is 64.0 Å². The van der Waals surface area contributed by atoms with E-state index in [1.54, 1.807) is 10.6 Å². The van der Waals surface area contributed by atoms with Gasteiger partial charge in [-0.05, 0) is 18.2 Å². The molecule has 7 nitrogen and oxygen atoms in total. The van der Waals surface area contributed by atoms with Gasteiger partial charge in [0.05, 0.1) is 17.1 Å². The number of aryl methyl sites for hydroxylation is 1. The summed E-state index contributed by atoms with van der Waals surface area (Å²) in [5, 5.41) is 5.02. The second kappa shape index (κ2) is 8.62. The molecule has 3 aromatic rings. The third kappa shape index (κ3) is 3.98. The minimum Gasteiger partial charge on any atom is -0.385 e. The van der Waals surface area contributed by atoms with Crippen molar-refractivity contribution in [3.8, 4) is 11.1 Å². The number of thiol groups is 1. The van der Waals surface area contributed by atoms with Crippen molar-refractivity contribution < 1.29 is 17.2 Å². The number of anilines is 1. The van der Waals surface area contributed by atoms with Gasteiger partial charge < -0.3 is 10.2 Å². The van der Waals surface area contributed by atoms with E-state index in [2.05, 4.69) is 10.3 Å². The molecule has 0 amide bonds. The van der Waals surface area contributed by atoms with Crippen molar-refractivity contribution >= 4 is 50.8 Å². The number of nitrogens with one attached hydrogen (secondary N) is 1. The topological polar surface area (TPSA) is 84.3 Å². The Morgan fingerprint density at radius 3 is 2.79 bits per heavy atom. The SMILES string of the molecule is O=c1nc(N2CCN/C(=C/[SH](=O)=O)C2)c2cc(Cl)c(-c3ccc(F)cc3F)c3c2n1CCS3. The lowest BCUT2D eigenvalue weighted by molar-refractivity contribution is 0.585. The van der Waals surface area contributed by atoms with Crippen molar-refractivity contribution in [1.29, 1.82) is 0 Å². The highest BCUT2D eigenvalue weighted by Crippen LogP contribution is 2.46. The highest BCUT2D eigenvalue weighted by molar-refractivity contribution is 7.99. The van der Waals surface area contributed by atoms with Crippen molar-refractivity contribution in [3.05, 3.63) is 62.5 Å². The molecule has 1 saturated heterocycles. The standard InChI is InChI=1S/C21H17ClF2N4O3S2/c22-15-8-14-18-19(17(15)13-2-1-11(23)7-16(13)24)32-6-5-28(18)21(29)26-20(14)27-4-3-25-12(9-27)10-33(30)31/h1-2,7-8,10,25,33H,3-6,9H2/b12-10+. The van der Waals surface area contributed by atoms with Crippen LogP contribution in [0.25, 0.3) is 22.0 Å². The van der Waals surface area contributed by atoms with E-state index in [9.17, 15) is 22.0 Å². The third-order valence-corrected chi connectivity index (χ3v) is 7.46. The van der Waals surface area contributed by atoms with Gasteiger partial charge in [-0.3, -0.25) is 4.57 Å². The van der Waals surface area contributed by atoms with Crippen LogP contribution in [0.3, 0.4) is 0 Å². The molecule has 33 heavy (non-hydrogen) atoms. The molecule has 1 aromatic heterocycles. The molecule has 12 heteroatoms. The van der Waals surface area contributed by atoms with Crippen LogP contribution in [0.2, 0.25) is 5.02 Å². The number of rotatable bonds is 3. The average Bonchev–Trinajstić information content (AvgIpc) is 2.76. The van der Waals surface area contributed by atoms with Crippen molar-refractivity contribution in [1.82, 2.24) is 14.9 Å². The van der Waals surface area contributed by atoms with Crippen LogP contribution < -0.4 is 15.9 Å². The molecule has 0 radical (unpaired) electrons. The molecule has 2 aliphatic heterocycles. The summed E-state index contributed by atoms with van der Waals surface area (Å²) in [5.41, 5.74) is 1.18. The van der Waals surface area contributed by atoms with Gasteiger partial charge in [0.25, 0.3) is 0 Å². The summed E-state index contributed by atoms with van der Waals surface area (Å²) in [6.07, 6.45) is 0. The Kier molecular flexibility index (Phi) is 5.79. The molecule has 2 aromatic carbocycles. The molecule has 0 aliphatic carbocycles.